The number of aryl methyl sites for hydroxylation is 1. The molecule has 1 N–H and O–H groups in total. The highest BCUT2D eigenvalue weighted by molar-refractivity contribution is 7.90. The molecule has 0 aliphatic heterocycles. The zero-order chi connectivity index (χ0) is 11.5. The predicted molar refractivity (Wildman–Crippen MR) is 60.7 cm³/mol. The molecule has 0 radical (unpaired) electrons. The molecule has 4 heteroatoms. The van der Waals surface area contributed by atoms with E-state index in [2.05, 4.69) is 0 Å². The Balaban J connectivity index is 2.98. The smallest absolute Gasteiger partial charge is 0.148 e. The van der Waals surface area contributed by atoms with Crippen LogP contribution in [0.25, 0.3) is 0 Å². The van der Waals surface area contributed by atoms with E-state index in [4.69, 9.17) is 0 Å². The zero-order valence-corrected chi connectivity index (χ0v) is 9.79. The number of benzene rings is 1. The van der Waals surface area contributed by atoms with Crippen LogP contribution in [0.4, 0.5) is 0 Å². The van der Waals surface area contributed by atoms with Crippen LogP contribution in [0.5, 0.6) is 0 Å². The van der Waals surface area contributed by atoms with Crippen LogP contribution >= 0.6 is 0 Å². The predicted octanol–water partition coefficient (Wildman–Crippen LogP) is 1.12. The highest BCUT2D eigenvalue weighted by Crippen LogP contribution is 2.20. The summed E-state index contributed by atoms with van der Waals surface area (Å²) in [4.78, 5) is 0. The van der Waals surface area contributed by atoms with Crippen LogP contribution in [0, 0.1) is 6.92 Å². The van der Waals surface area contributed by atoms with Gasteiger partial charge in [-0.2, -0.15) is 0 Å². The Morgan fingerprint density at radius 1 is 1.33 bits per heavy atom. The summed E-state index contributed by atoms with van der Waals surface area (Å²) in [5.41, 5.74) is 1.92. The van der Waals surface area contributed by atoms with Gasteiger partial charge in [0.05, 0.1) is 12.4 Å². The maximum absolute atomic E-state index is 11.2. The lowest BCUT2D eigenvalue weighted by Gasteiger charge is -2.15. The van der Waals surface area contributed by atoms with Crippen LogP contribution in [0.3, 0.4) is 0 Å². The van der Waals surface area contributed by atoms with E-state index in [1.807, 2.05) is 31.2 Å². The Kier molecular flexibility index (Phi) is 3.88. The molecule has 1 aromatic rings. The Bertz CT molecular complexity index is 423. The van der Waals surface area contributed by atoms with E-state index in [0.29, 0.717) is 0 Å². The van der Waals surface area contributed by atoms with Crippen LogP contribution in [0.1, 0.15) is 17.0 Å². The first-order valence-electron chi connectivity index (χ1n) is 4.78. The van der Waals surface area contributed by atoms with Crippen LogP contribution < -0.4 is 0 Å². The van der Waals surface area contributed by atoms with Crippen LogP contribution in [-0.2, 0) is 9.84 Å². The van der Waals surface area contributed by atoms with Crippen LogP contribution in [0.2, 0.25) is 0 Å². The molecule has 3 nitrogen and oxygen atoms in total. The molecule has 0 heterocycles. The number of hydrogen-bond acceptors (Lipinski definition) is 3. The lowest BCUT2D eigenvalue weighted by Crippen LogP contribution is -2.17. The Morgan fingerprint density at radius 3 is 2.40 bits per heavy atom. The molecule has 15 heavy (non-hydrogen) atoms. The average Bonchev–Trinajstić information content (AvgIpc) is 2.14. The molecule has 1 atom stereocenters. The summed E-state index contributed by atoms with van der Waals surface area (Å²) in [6, 6.07) is 7.53. The van der Waals surface area contributed by atoms with E-state index in [1.165, 1.54) is 6.26 Å². The standard InChI is InChI=1S/C11H16O3S/c1-9-5-3-4-6-11(9)10(7-12)8-15(2,13)14/h3-6,10,12H,7-8H2,1-2H3. The number of hydrogen-bond donors (Lipinski definition) is 1. The molecule has 84 valence electrons. The SMILES string of the molecule is Cc1ccccc1C(CO)CS(C)(=O)=O. The molecule has 0 spiro atoms. The molecule has 0 aliphatic rings. The summed E-state index contributed by atoms with van der Waals surface area (Å²) in [7, 11) is -3.06. The van der Waals surface area contributed by atoms with Gasteiger partial charge >= 0.3 is 0 Å². The van der Waals surface area contributed by atoms with Gasteiger partial charge in [0.25, 0.3) is 0 Å². The molecule has 0 aliphatic carbocycles. The van der Waals surface area contributed by atoms with Gasteiger partial charge in [0, 0.05) is 12.2 Å². The van der Waals surface area contributed by atoms with Crippen molar-refractivity contribution in [2.75, 3.05) is 18.6 Å². The van der Waals surface area contributed by atoms with Gasteiger partial charge < -0.3 is 5.11 Å². The molecule has 0 aromatic heterocycles. The fraction of sp³-hybridized carbons (Fsp3) is 0.455. The molecule has 1 unspecified atom stereocenters. The van der Waals surface area contributed by atoms with Crippen molar-refractivity contribution in [1.82, 2.24) is 0 Å². The number of aliphatic hydroxyl groups excluding tert-OH is 1. The van der Waals surface area contributed by atoms with Gasteiger partial charge in [-0.3, -0.25) is 0 Å². The first-order chi connectivity index (χ1) is 6.94. The maximum atomic E-state index is 11.2. The topological polar surface area (TPSA) is 54.4 Å². The normalized spacial score (nSPS) is 13.8. The first kappa shape index (κ1) is 12.2. The second kappa shape index (κ2) is 4.77. The minimum Gasteiger partial charge on any atom is -0.396 e. The van der Waals surface area contributed by atoms with Crippen molar-refractivity contribution in [2.45, 2.75) is 12.8 Å². The Labute approximate surface area is 90.7 Å². The van der Waals surface area contributed by atoms with Crippen molar-refractivity contribution >= 4 is 9.84 Å². The van der Waals surface area contributed by atoms with Gasteiger partial charge in [0.1, 0.15) is 9.84 Å². The molecule has 1 aromatic carbocycles. The summed E-state index contributed by atoms with van der Waals surface area (Å²) in [6.07, 6.45) is 1.19. The van der Waals surface area contributed by atoms with E-state index in [9.17, 15) is 13.5 Å². The summed E-state index contributed by atoms with van der Waals surface area (Å²) < 4.78 is 22.3. The molecule has 1 rings (SSSR count). The molecule has 0 saturated carbocycles. The third-order valence-electron chi connectivity index (χ3n) is 2.35. The van der Waals surface area contributed by atoms with E-state index in [1.54, 1.807) is 0 Å². The van der Waals surface area contributed by atoms with Crippen molar-refractivity contribution in [2.24, 2.45) is 0 Å². The largest absolute Gasteiger partial charge is 0.396 e. The number of rotatable bonds is 4. The van der Waals surface area contributed by atoms with E-state index < -0.39 is 9.84 Å². The zero-order valence-electron chi connectivity index (χ0n) is 8.97. The Morgan fingerprint density at radius 2 is 1.93 bits per heavy atom. The van der Waals surface area contributed by atoms with Crippen molar-refractivity contribution in [1.29, 1.82) is 0 Å². The van der Waals surface area contributed by atoms with Gasteiger partial charge in [-0.25, -0.2) is 8.42 Å². The summed E-state index contributed by atoms with van der Waals surface area (Å²) >= 11 is 0. The molecular weight excluding hydrogens is 212 g/mol. The minimum absolute atomic E-state index is 0.00560. The summed E-state index contributed by atoms with van der Waals surface area (Å²) in [5.74, 6) is -0.324. The number of aliphatic hydroxyl groups is 1. The quantitative estimate of drug-likeness (QED) is 0.840. The number of sulfone groups is 1. The Hall–Kier alpha value is -0.870. The van der Waals surface area contributed by atoms with Crippen molar-refractivity contribution in [3.8, 4) is 0 Å². The highest BCUT2D eigenvalue weighted by atomic mass is 32.2. The molecule has 0 bridgehead atoms. The first-order valence-corrected chi connectivity index (χ1v) is 6.84. The fourth-order valence-corrected chi connectivity index (χ4v) is 2.67. The molecule has 0 amide bonds. The summed E-state index contributed by atoms with van der Waals surface area (Å²) in [6.45, 7) is 1.78. The van der Waals surface area contributed by atoms with Crippen molar-refractivity contribution in [3.63, 3.8) is 0 Å². The maximum Gasteiger partial charge on any atom is 0.148 e. The van der Waals surface area contributed by atoms with Gasteiger partial charge in [-0.1, -0.05) is 24.3 Å². The second-order valence-electron chi connectivity index (χ2n) is 3.83. The second-order valence-corrected chi connectivity index (χ2v) is 6.01. The van der Waals surface area contributed by atoms with Crippen LogP contribution in [-0.4, -0.2) is 32.1 Å². The minimum atomic E-state index is -3.06. The summed E-state index contributed by atoms with van der Waals surface area (Å²) in [5, 5.41) is 9.20. The van der Waals surface area contributed by atoms with Gasteiger partial charge in [0.15, 0.2) is 0 Å². The van der Waals surface area contributed by atoms with Gasteiger partial charge in [0.2, 0.25) is 0 Å². The van der Waals surface area contributed by atoms with Gasteiger partial charge in [-0.15, -0.1) is 0 Å². The lowest BCUT2D eigenvalue weighted by molar-refractivity contribution is 0.273. The van der Waals surface area contributed by atoms with E-state index in [0.717, 1.165) is 11.1 Å². The molecular formula is C11H16O3S. The van der Waals surface area contributed by atoms with Gasteiger partial charge in [-0.05, 0) is 18.1 Å². The van der Waals surface area contributed by atoms with Crippen LogP contribution in [0.15, 0.2) is 24.3 Å². The van der Waals surface area contributed by atoms with Crippen molar-refractivity contribution < 1.29 is 13.5 Å². The van der Waals surface area contributed by atoms with E-state index in [-0.39, 0.29) is 18.3 Å². The fourth-order valence-electron chi connectivity index (χ4n) is 1.65. The lowest BCUT2D eigenvalue weighted by atomic mass is 9.97. The van der Waals surface area contributed by atoms with Crippen molar-refractivity contribution in [3.05, 3.63) is 35.4 Å². The highest BCUT2D eigenvalue weighted by Gasteiger charge is 2.17. The monoisotopic (exact) mass is 228 g/mol. The molecule has 0 saturated heterocycles. The third-order valence-corrected chi connectivity index (χ3v) is 3.36. The third kappa shape index (κ3) is 3.64. The molecule has 0 fully saturated rings. The van der Waals surface area contributed by atoms with E-state index >= 15 is 0 Å². The average molecular weight is 228 g/mol.